The normalized spacial score (nSPS) is 10.8. The van der Waals surface area contributed by atoms with Gasteiger partial charge in [-0.1, -0.05) is 19.9 Å². The standard InChI is InChI=1S/C15H19N3OS/c1-10(2)7-9-17-14(19)13-11(3)18-15(20-13)12-6-4-5-8-16-12/h4-6,8,10H,7,9H2,1-3H3,(H,17,19). The molecule has 2 aromatic heterocycles. The summed E-state index contributed by atoms with van der Waals surface area (Å²) in [6.07, 6.45) is 2.71. The number of pyridine rings is 1. The molecule has 1 amide bonds. The van der Waals surface area contributed by atoms with E-state index in [1.165, 1.54) is 11.3 Å². The maximum atomic E-state index is 12.1. The van der Waals surface area contributed by atoms with Gasteiger partial charge >= 0.3 is 0 Å². The van der Waals surface area contributed by atoms with Gasteiger partial charge in [-0.2, -0.15) is 0 Å². The third-order valence-electron chi connectivity index (χ3n) is 2.89. The van der Waals surface area contributed by atoms with Crippen LogP contribution in [0.4, 0.5) is 0 Å². The summed E-state index contributed by atoms with van der Waals surface area (Å²) in [7, 11) is 0. The van der Waals surface area contributed by atoms with Crippen LogP contribution in [-0.4, -0.2) is 22.4 Å². The smallest absolute Gasteiger partial charge is 0.263 e. The van der Waals surface area contributed by atoms with Gasteiger partial charge in [-0.25, -0.2) is 4.98 Å². The molecule has 0 aliphatic rings. The van der Waals surface area contributed by atoms with E-state index in [4.69, 9.17) is 0 Å². The zero-order chi connectivity index (χ0) is 14.5. The van der Waals surface area contributed by atoms with Crippen LogP contribution in [0.3, 0.4) is 0 Å². The summed E-state index contributed by atoms with van der Waals surface area (Å²) in [4.78, 5) is 21.5. The molecule has 106 valence electrons. The molecule has 0 aliphatic carbocycles. The summed E-state index contributed by atoms with van der Waals surface area (Å²) in [6.45, 7) is 6.85. The van der Waals surface area contributed by atoms with Crippen LogP contribution in [0.25, 0.3) is 10.7 Å². The van der Waals surface area contributed by atoms with Crippen LogP contribution in [0.2, 0.25) is 0 Å². The fourth-order valence-electron chi connectivity index (χ4n) is 1.76. The van der Waals surface area contributed by atoms with Crippen molar-refractivity contribution in [2.24, 2.45) is 5.92 Å². The van der Waals surface area contributed by atoms with Crippen LogP contribution in [0.5, 0.6) is 0 Å². The first-order valence-corrected chi connectivity index (χ1v) is 7.56. The fraction of sp³-hybridized carbons (Fsp3) is 0.400. The van der Waals surface area contributed by atoms with E-state index in [1.54, 1.807) is 6.20 Å². The van der Waals surface area contributed by atoms with Gasteiger partial charge in [0.15, 0.2) is 0 Å². The maximum Gasteiger partial charge on any atom is 0.263 e. The molecule has 2 aromatic rings. The Morgan fingerprint density at radius 3 is 2.85 bits per heavy atom. The Balaban J connectivity index is 2.10. The van der Waals surface area contributed by atoms with E-state index < -0.39 is 0 Å². The number of amides is 1. The third kappa shape index (κ3) is 3.63. The summed E-state index contributed by atoms with van der Waals surface area (Å²) >= 11 is 1.39. The minimum Gasteiger partial charge on any atom is -0.351 e. The van der Waals surface area contributed by atoms with Crippen LogP contribution in [0.15, 0.2) is 24.4 Å². The van der Waals surface area contributed by atoms with E-state index in [1.807, 2.05) is 25.1 Å². The Kier molecular flexibility index (Phi) is 4.84. The summed E-state index contributed by atoms with van der Waals surface area (Å²) in [5.74, 6) is 0.546. The predicted molar refractivity (Wildman–Crippen MR) is 81.9 cm³/mol. The number of hydrogen-bond acceptors (Lipinski definition) is 4. The van der Waals surface area contributed by atoms with Crippen LogP contribution < -0.4 is 5.32 Å². The Morgan fingerprint density at radius 2 is 2.20 bits per heavy atom. The van der Waals surface area contributed by atoms with Crippen molar-refractivity contribution in [3.8, 4) is 10.7 Å². The van der Waals surface area contributed by atoms with E-state index >= 15 is 0 Å². The Labute approximate surface area is 123 Å². The Bertz CT molecular complexity index is 578. The topological polar surface area (TPSA) is 54.9 Å². The molecule has 0 unspecified atom stereocenters. The van der Waals surface area contributed by atoms with Crippen LogP contribution in [0, 0.1) is 12.8 Å². The van der Waals surface area contributed by atoms with Gasteiger partial charge in [0.2, 0.25) is 0 Å². The number of rotatable bonds is 5. The fourth-order valence-corrected chi connectivity index (χ4v) is 2.72. The first-order chi connectivity index (χ1) is 9.58. The van der Waals surface area contributed by atoms with Crippen molar-refractivity contribution in [2.45, 2.75) is 27.2 Å². The van der Waals surface area contributed by atoms with Crippen molar-refractivity contribution < 1.29 is 4.79 Å². The first-order valence-electron chi connectivity index (χ1n) is 6.75. The average molecular weight is 289 g/mol. The number of carbonyl (C=O) groups is 1. The Hall–Kier alpha value is -1.75. The summed E-state index contributed by atoms with van der Waals surface area (Å²) in [6, 6.07) is 5.68. The molecule has 1 N–H and O–H groups in total. The molecular formula is C15H19N3OS. The number of aromatic nitrogens is 2. The second-order valence-electron chi connectivity index (χ2n) is 5.09. The minimum absolute atomic E-state index is 0.0390. The van der Waals surface area contributed by atoms with Gasteiger partial charge in [-0.3, -0.25) is 9.78 Å². The lowest BCUT2D eigenvalue weighted by Gasteiger charge is -2.05. The van der Waals surface area contributed by atoms with Crippen molar-refractivity contribution in [1.29, 1.82) is 0 Å². The van der Waals surface area contributed by atoms with E-state index in [0.717, 1.165) is 22.8 Å². The number of thiazole rings is 1. The van der Waals surface area contributed by atoms with Gasteiger partial charge in [-0.05, 0) is 31.4 Å². The SMILES string of the molecule is Cc1nc(-c2ccccn2)sc1C(=O)NCCC(C)C. The van der Waals surface area contributed by atoms with E-state index in [-0.39, 0.29) is 5.91 Å². The lowest BCUT2D eigenvalue weighted by molar-refractivity contribution is 0.0955. The molecule has 5 heteroatoms. The quantitative estimate of drug-likeness (QED) is 0.919. The molecule has 0 aromatic carbocycles. The number of aryl methyl sites for hydroxylation is 1. The van der Waals surface area contributed by atoms with Gasteiger partial charge < -0.3 is 5.32 Å². The largest absolute Gasteiger partial charge is 0.351 e. The van der Waals surface area contributed by atoms with Gasteiger partial charge in [0, 0.05) is 12.7 Å². The molecule has 20 heavy (non-hydrogen) atoms. The average Bonchev–Trinajstić information content (AvgIpc) is 2.81. The highest BCUT2D eigenvalue weighted by Gasteiger charge is 2.16. The highest BCUT2D eigenvalue weighted by atomic mass is 32.1. The molecule has 0 saturated heterocycles. The highest BCUT2D eigenvalue weighted by molar-refractivity contribution is 7.17. The van der Waals surface area contributed by atoms with Gasteiger partial charge in [0.05, 0.1) is 11.4 Å². The van der Waals surface area contributed by atoms with Gasteiger partial charge in [0.1, 0.15) is 9.88 Å². The first kappa shape index (κ1) is 14.7. The van der Waals surface area contributed by atoms with Crippen molar-refractivity contribution in [1.82, 2.24) is 15.3 Å². The van der Waals surface area contributed by atoms with Crippen LogP contribution >= 0.6 is 11.3 Å². The number of carbonyl (C=O) groups excluding carboxylic acids is 1. The Morgan fingerprint density at radius 1 is 1.40 bits per heavy atom. The van der Waals surface area contributed by atoms with Crippen molar-refractivity contribution in [2.75, 3.05) is 6.54 Å². The second kappa shape index (κ2) is 6.61. The third-order valence-corrected chi connectivity index (χ3v) is 4.07. The van der Waals surface area contributed by atoms with Crippen LogP contribution in [0.1, 0.15) is 35.6 Å². The molecule has 0 bridgehead atoms. The van der Waals surface area contributed by atoms with Crippen LogP contribution in [-0.2, 0) is 0 Å². The maximum absolute atomic E-state index is 12.1. The monoisotopic (exact) mass is 289 g/mol. The highest BCUT2D eigenvalue weighted by Crippen LogP contribution is 2.26. The van der Waals surface area contributed by atoms with E-state index in [2.05, 4.69) is 29.1 Å². The molecule has 0 radical (unpaired) electrons. The summed E-state index contributed by atoms with van der Waals surface area (Å²) in [5, 5.41) is 3.74. The molecular weight excluding hydrogens is 270 g/mol. The lowest BCUT2D eigenvalue weighted by Crippen LogP contribution is -2.25. The summed E-state index contributed by atoms with van der Waals surface area (Å²) in [5.41, 5.74) is 1.57. The number of nitrogens with zero attached hydrogens (tertiary/aromatic N) is 2. The lowest BCUT2D eigenvalue weighted by atomic mass is 10.1. The van der Waals surface area contributed by atoms with Crippen molar-refractivity contribution >= 4 is 17.2 Å². The predicted octanol–water partition coefficient (Wildman–Crippen LogP) is 3.29. The molecule has 0 aliphatic heterocycles. The molecule has 0 atom stereocenters. The zero-order valence-corrected chi connectivity index (χ0v) is 12.8. The second-order valence-corrected chi connectivity index (χ2v) is 6.09. The van der Waals surface area contributed by atoms with Crippen molar-refractivity contribution in [3.05, 3.63) is 35.0 Å². The molecule has 2 rings (SSSR count). The van der Waals surface area contributed by atoms with Gasteiger partial charge in [-0.15, -0.1) is 11.3 Å². The zero-order valence-electron chi connectivity index (χ0n) is 12.0. The van der Waals surface area contributed by atoms with Gasteiger partial charge in [0.25, 0.3) is 5.91 Å². The van der Waals surface area contributed by atoms with E-state index in [0.29, 0.717) is 17.3 Å². The molecule has 0 spiro atoms. The minimum atomic E-state index is -0.0390. The molecule has 0 saturated carbocycles. The number of hydrogen-bond donors (Lipinski definition) is 1. The summed E-state index contributed by atoms with van der Waals surface area (Å²) < 4.78 is 0. The van der Waals surface area contributed by atoms with Crippen molar-refractivity contribution in [3.63, 3.8) is 0 Å². The molecule has 2 heterocycles. The molecule has 4 nitrogen and oxygen atoms in total. The molecule has 0 fully saturated rings. The van der Waals surface area contributed by atoms with E-state index in [9.17, 15) is 4.79 Å². The number of nitrogens with one attached hydrogen (secondary N) is 1.